The predicted molar refractivity (Wildman–Crippen MR) is 134 cm³/mol. The Balaban J connectivity index is 1.87. The van der Waals surface area contributed by atoms with Crippen LogP contribution < -0.4 is 14.5 Å². The summed E-state index contributed by atoms with van der Waals surface area (Å²) in [7, 11) is -2.51. The molecule has 10 heteroatoms. The van der Waals surface area contributed by atoms with Crippen molar-refractivity contribution in [2.75, 3.05) is 18.0 Å². The highest BCUT2D eigenvalue weighted by atomic mass is 79.9. The molecular formula is C23H21BrClN3O4S. The Morgan fingerprint density at radius 2 is 1.88 bits per heavy atom. The lowest BCUT2D eigenvalue weighted by atomic mass is 10.2. The van der Waals surface area contributed by atoms with Crippen LogP contribution in [0.1, 0.15) is 11.1 Å². The van der Waals surface area contributed by atoms with Gasteiger partial charge in [-0.25, -0.2) is 13.8 Å². The minimum Gasteiger partial charge on any atom is -0.496 e. The van der Waals surface area contributed by atoms with Gasteiger partial charge in [-0.05, 0) is 55.0 Å². The van der Waals surface area contributed by atoms with Gasteiger partial charge in [0.05, 0.1) is 23.9 Å². The average molecular weight is 551 g/mol. The van der Waals surface area contributed by atoms with Gasteiger partial charge in [0.15, 0.2) is 0 Å². The number of nitrogens with one attached hydrogen (secondary N) is 1. The number of sulfonamides is 1. The Kier molecular flexibility index (Phi) is 8.12. The lowest BCUT2D eigenvalue weighted by Gasteiger charge is -2.24. The first-order valence-corrected chi connectivity index (χ1v) is 12.3. The van der Waals surface area contributed by atoms with Gasteiger partial charge in [0.2, 0.25) is 0 Å². The fraction of sp³-hybridized carbons (Fsp3) is 0.130. The van der Waals surface area contributed by atoms with Gasteiger partial charge in [-0.15, -0.1) is 0 Å². The molecule has 0 radical (unpaired) electrons. The maximum atomic E-state index is 13.3. The Labute approximate surface area is 206 Å². The summed E-state index contributed by atoms with van der Waals surface area (Å²) in [6.45, 7) is 1.31. The maximum absolute atomic E-state index is 13.3. The van der Waals surface area contributed by atoms with Gasteiger partial charge in [0, 0.05) is 15.1 Å². The molecule has 7 nitrogen and oxygen atoms in total. The predicted octanol–water partition coefficient (Wildman–Crippen LogP) is 4.77. The third-order valence-corrected chi connectivity index (χ3v) is 7.33. The third kappa shape index (κ3) is 6.13. The molecule has 3 rings (SSSR count). The lowest BCUT2D eigenvalue weighted by molar-refractivity contribution is -0.119. The Morgan fingerprint density at radius 3 is 2.55 bits per heavy atom. The number of anilines is 1. The van der Waals surface area contributed by atoms with E-state index in [1.54, 1.807) is 49.4 Å². The van der Waals surface area contributed by atoms with Gasteiger partial charge < -0.3 is 4.74 Å². The SMILES string of the molecule is COc1ccc(Br)cc1/C=N\NC(=O)CN(c1ccc(C)c(Cl)c1)S(=O)(=O)c1ccccc1. The quantitative estimate of drug-likeness (QED) is 0.323. The molecule has 3 aromatic carbocycles. The second-order valence-corrected chi connectivity index (χ2v) is 10.1. The summed E-state index contributed by atoms with van der Waals surface area (Å²) in [6.07, 6.45) is 1.42. The fourth-order valence-corrected chi connectivity index (χ4v) is 4.90. The number of carbonyl (C=O) groups excluding carboxylic acids is 1. The molecule has 0 aliphatic rings. The minimum atomic E-state index is -4.04. The molecule has 0 atom stereocenters. The summed E-state index contributed by atoms with van der Waals surface area (Å²) in [5.74, 6) is -0.0600. The van der Waals surface area contributed by atoms with E-state index in [4.69, 9.17) is 16.3 Å². The van der Waals surface area contributed by atoms with Gasteiger partial charge in [0.25, 0.3) is 15.9 Å². The number of hydrogen-bond acceptors (Lipinski definition) is 5. The molecule has 0 saturated carbocycles. The molecule has 172 valence electrons. The number of ether oxygens (including phenoxy) is 1. The van der Waals surface area contributed by atoms with Crippen LogP contribution in [-0.4, -0.2) is 34.2 Å². The van der Waals surface area contributed by atoms with Gasteiger partial charge in [-0.3, -0.25) is 9.10 Å². The second kappa shape index (κ2) is 10.8. The van der Waals surface area contributed by atoms with Crippen molar-refractivity contribution in [2.24, 2.45) is 5.10 Å². The average Bonchev–Trinajstić information content (AvgIpc) is 2.80. The molecule has 0 aromatic heterocycles. The van der Waals surface area contributed by atoms with Crippen molar-refractivity contribution in [3.8, 4) is 5.75 Å². The van der Waals surface area contributed by atoms with Crippen LogP contribution >= 0.6 is 27.5 Å². The Bertz CT molecular complexity index is 1280. The van der Waals surface area contributed by atoms with E-state index in [-0.39, 0.29) is 10.6 Å². The zero-order valence-corrected chi connectivity index (χ0v) is 21.0. The monoisotopic (exact) mass is 549 g/mol. The highest BCUT2D eigenvalue weighted by Crippen LogP contribution is 2.28. The highest BCUT2D eigenvalue weighted by Gasteiger charge is 2.27. The lowest BCUT2D eigenvalue weighted by Crippen LogP contribution is -2.39. The number of amides is 1. The number of nitrogens with zero attached hydrogens (tertiary/aromatic N) is 2. The highest BCUT2D eigenvalue weighted by molar-refractivity contribution is 9.10. The van der Waals surface area contributed by atoms with Crippen LogP contribution in [0.5, 0.6) is 5.75 Å². The Morgan fingerprint density at radius 1 is 1.15 bits per heavy atom. The molecule has 0 unspecified atom stereocenters. The largest absolute Gasteiger partial charge is 0.496 e. The molecule has 0 aliphatic heterocycles. The van der Waals surface area contributed by atoms with E-state index < -0.39 is 22.5 Å². The molecule has 3 aromatic rings. The summed E-state index contributed by atoms with van der Waals surface area (Å²) in [5.41, 5.74) is 4.06. The third-order valence-electron chi connectivity index (χ3n) is 4.65. The number of hydrazone groups is 1. The first kappa shape index (κ1) is 24.8. The van der Waals surface area contributed by atoms with Crippen LogP contribution in [0.2, 0.25) is 5.02 Å². The number of aryl methyl sites for hydroxylation is 1. The first-order valence-electron chi connectivity index (χ1n) is 9.72. The van der Waals surface area contributed by atoms with E-state index in [2.05, 4.69) is 26.5 Å². The zero-order valence-electron chi connectivity index (χ0n) is 17.8. The number of rotatable bonds is 8. The van der Waals surface area contributed by atoms with Gasteiger partial charge >= 0.3 is 0 Å². The van der Waals surface area contributed by atoms with E-state index in [1.807, 2.05) is 6.07 Å². The Hall–Kier alpha value is -2.88. The molecule has 0 bridgehead atoms. The van der Waals surface area contributed by atoms with E-state index in [0.29, 0.717) is 16.3 Å². The second-order valence-electron chi connectivity index (χ2n) is 6.94. The van der Waals surface area contributed by atoms with Gasteiger partial charge in [0.1, 0.15) is 12.3 Å². The standard InChI is InChI=1S/C23H21BrClN3O4S/c1-16-8-10-19(13-21(16)25)28(33(30,31)20-6-4-3-5-7-20)15-23(29)27-26-14-17-12-18(24)9-11-22(17)32-2/h3-14H,15H2,1-2H3,(H,27,29)/b26-14-. The van der Waals surface area contributed by atoms with E-state index >= 15 is 0 Å². The van der Waals surface area contributed by atoms with Crippen molar-refractivity contribution >= 4 is 55.4 Å². The number of halogens is 2. The molecule has 1 N–H and O–H groups in total. The van der Waals surface area contributed by atoms with Crippen LogP contribution in [0.25, 0.3) is 0 Å². The number of carbonyl (C=O) groups is 1. The summed E-state index contributed by atoms with van der Waals surface area (Å²) < 4.78 is 33.7. The summed E-state index contributed by atoms with van der Waals surface area (Å²) >= 11 is 9.59. The normalized spacial score (nSPS) is 11.4. The number of hydrogen-bond donors (Lipinski definition) is 1. The number of benzene rings is 3. The van der Waals surface area contributed by atoms with E-state index in [1.165, 1.54) is 31.5 Å². The molecule has 0 saturated heterocycles. The van der Waals surface area contributed by atoms with Crippen LogP contribution in [0, 0.1) is 6.92 Å². The van der Waals surface area contributed by atoms with Crippen LogP contribution in [-0.2, 0) is 14.8 Å². The van der Waals surface area contributed by atoms with Crippen LogP contribution in [0.15, 0.2) is 81.2 Å². The summed E-state index contributed by atoms with van der Waals surface area (Å²) in [4.78, 5) is 12.7. The summed E-state index contributed by atoms with van der Waals surface area (Å²) in [6, 6.07) is 18.0. The molecule has 33 heavy (non-hydrogen) atoms. The van der Waals surface area contributed by atoms with Crippen LogP contribution in [0.3, 0.4) is 0 Å². The van der Waals surface area contributed by atoms with E-state index in [0.717, 1.165) is 14.3 Å². The summed E-state index contributed by atoms with van der Waals surface area (Å²) in [5, 5.41) is 4.34. The van der Waals surface area contributed by atoms with Crippen molar-refractivity contribution in [2.45, 2.75) is 11.8 Å². The fourth-order valence-electron chi connectivity index (χ4n) is 2.92. The molecule has 0 heterocycles. The van der Waals surface area contributed by atoms with E-state index in [9.17, 15) is 13.2 Å². The van der Waals surface area contributed by atoms with Crippen molar-refractivity contribution in [1.29, 1.82) is 0 Å². The topological polar surface area (TPSA) is 88.1 Å². The molecule has 1 amide bonds. The molecule has 0 spiro atoms. The maximum Gasteiger partial charge on any atom is 0.264 e. The van der Waals surface area contributed by atoms with Crippen molar-refractivity contribution in [3.63, 3.8) is 0 Å². The molecule has 0 fully saturated rings. The smallest absolute Gasteiger partial charge is 0.264 e. The van der Waals surface area contributed by atoms with Gasteiger partial charge in [-0.2, -0.15) is 5.10 Å². The molecular weight excluding hydrogens is 530 g/mol. The zero-order chi connectivity index (χ0) is 24.0. The minimum absolute atomic E-state index is 0.0527. The number of methoxy groups -OCH3 is 1. The van der Waals surface area contributed by atoms with Crippen molar-refractivity contribution < 1.29 is 17.9 Å². The van der Waals surface area contributed by atoms with Crippen molar-refractivity contribution in [1.82, 2.24) is 5.43 Å². The first-order chi connectivity index (χ1) is 15.7. The van der Waals surface area contributed by atoms with Gasteiger partial charge in [-0.1, -0.05) is 51.8 Å². The molecule has 0 aliphatic carbocycles. The van der Waals surface area contributed by atoms with Crippen LogP contribution in [0.4, 0.5) is 5.69 Å². The van der Waals surface area contributed by atoms with Crippen molar-refractivity contribution in [3.05, 3.63) is 87.4 Å².